The van der Waals surface area contributed by atoms with Gasteiger partial charge in [-0.25, -0.2) is 9.59 Å². The number of nitrogens with two attached hydrogens (primary N) is 1. The molecule has 7 heteroatoms. The van der Waals surface area contributed by atoms with E-state index in [2.05, 4.69) is 35.7 Å². The van der Waals surface area contributed by atoms with E-state index >= 15 is 0 Å². The van der Waals surface area contributed by atoms with Crippen molar-refractivity contribution in [3.63, 3.8) is 0 Å². The van der Waals surface area contributed by atoms with Gasteiger partial charge in [-0.05, 0) is 47.5 Å². The Kier molecular flexibility index (Phi) is 7.34. The Morgan fingerprint density at radius 1 is 1.07 bits per heavy atom. The Morgan fingerprint density at radius 3 is 2.33 bits per heavy atom. The van der Waals surface area contributed by atoms with E-state index in [1.165, 1.54) is 15.6 Å². The van der Waals surface area contributed by atoms with Crippen molar-refractivity contribution in [3.05, 3.63) is 65.5 Å². The highest BCUT2D eigenvalue weighted by molar-refractivity contribution is 7.17. The van der Waals surface area contributed by atoms with Gasteiger partial charge in [0.2, 0.25) is 0 Å². The molecule has 27 heavy (non-hydrogen) atoms. The average Bonchev–Trinajstić information content (AvgIpc) is 3.10. The molecule has 2 atom stereocenters. The molecule has 1 aromatic heterocycles. The summed E-state index contributed by atoms with van der Waals surface area (Å²) >= 11 is 1.75. The molecule has 0 fully saturated rings. The van der Waals surface area contributed by atoms with Gasteiger partial charge in [0, 0.05) is 17.2 Å². The first-order valence-corrected chi connectivity index (χ1v) is 9.15. The van der Waals surface area contributed by atoms with Crippen LogP contribution in [0.2, 0.25) is 0 Å². The first-order chi connectivity index (χ1) is 12.9. The van der Waals surface area contributed by atoms with Gasteiger partial charge in [-0.1, -0.05) is 30.3 Å². The minimum atomic E-state index is -1.82. The molecule has 0 aliphatic carbocycles. The van der Waals surface area contributed by atoms with Crippen molar-refractivity contribution >= 4 is 33.4 Å². The number of thiophene rings is 1. The fourth-order valence-corrected chi connectivity index (χ4v) is 3.21. The highest BCUT2D eigenvalue weighted by Gasteiger charge is 2.15. The molecule has 1 unspecified atom stereocenters. The summed E-state index contributed by atoms with van der Waals surface area (Å²) in [5.41, 5.74) is 7.15. The van der Waals surface area contributed by atoms with E-state index in [0.29, 0.717) is 0 Å². The van der Waals surface area contributed by atoms with Crippen molar-refractivity contribution in [2.24, 2.45) is 5.73 Å². The summed E-state index contributed by atoms with van der Waals surface area (Å²) < 4.78 is 7.50. The van der Waals surface area contributed by atoms with Crippen LogP contribution >= 0.6 is 11.3 Å². The lowest BCUT2D eigenvalue weighted by Crippen LogP contribution is -2.21. The number of fused-ring (bicyclic) bond motifs is 1. The number of hydrogen-bond donors (Lipinski definition) is 3. The van der Waals surface area contributed by atoms with E-state index in [0.717, 1.165) is 12.2 Å². The summed E-state index contributed by atoms with van der Waals surface area (Å²) in [6, 6.07) is 18.7. The van der Waals surface area contributed by atoms with E-state index in [4.69, 9.17) is 30.3 Å². The largest absolute Gasteiger partial charge is 0.486 e. The van der Waals surface area contributed by atoms with E-state index in [1.807, 2.05) is 31.2 Å². The molecule has 0 amide bonds. The highest BCUT2D eigenvalue weighted by atomic mass is 32.1. The van der Waals surface area contributed by atoms with Gasteiger partial charge in [0.25, 0.3) is 0 Å². The number of ether oxygens (including phenoxy) is 1. The molecule has 1 heterocycles. The van der Waals surface area contributed by atoms with E-state index in [9.17, 15) is 0 Å². The molecule has 3 aromatic rings. The van der Waals surface area contributed by atoms with Crippen LogP contribution in [0.3, 0.4) is 0 Å². The van der Waals surface area contributed by atoms with Crippen molar-refractivity contribution in [1.82, 2.24) is 0 Å². The fraction of sp³-hybridized carbons (Fsp3) is 0.200. The average molecular weight is 387 g/mol. The second kappa shape index (κ2) is 9.70. The summed E-state index contributed by atoms with van der Waals surface area (Å²) in [6.07, 6.45) is 0.786. The zero-order chi connectivity index (χ0) is 19.8. The van der Waals surface area contributed by atoms with Gasteiger partial charge in [-0.15, -0.1) is 11.3 Å². The van der Waals surface area contributed by atoms with E-state index in [-0.39, 0.29) is 12.1 Å². The smallest absolute Gasteiger partial charge is 0.414 e. The van der Waals surface area contributed by atoms with Crippen molar-refractivity contribution in [3.8, 4) is 5.75 Å². The number of carbonyl (C=O) groups is 2. The minimum absolute atomic E-state index is 0.0118. The second-order valence-electron chi connectivity index (χ2n) is 5.96. The summed E-state index contributed by atoms with van der Waals surface area (Å²) in [4.78, 5) is 18.2. The molecule has 0 saturated carbocycles. The molecule has 0 bridgehead atoms. The topological polar surface area (TPSA) is 110 Å². The third-order valence-corrected chi connectivity index (χ3v) is 4.54. The minimum Gasteiger partial charge on any atom is -0.486 e. The molecule has 142 valence electrons. The lowest BCUT2D eigenvalue weighted by molar-refractivity contribution is -0.159. The Balaban J connectivity index is 0.000000380. The molecular weight excluding hydrogens is 366 g/mol. The summed E-state index contributed by atoms with van der Waals surface area (Å²) in [6.45, 7) is 2.02. The maximum Gasteiger partial charge on any atom is 0.414 e. The lowest BCUT2D eigenvalue weighted by atomic mass is 10.0. The third-order valence-electron chi connectivity index (χ3n) is 3.64. The van der Waals surface area contributed by atoms with Crippen molar-refractivity contribution < 1.29 is 24.5 Å². The van der Waals surface area contributed by atoms with Gasteiger partial charge in [0.1, 0.15) is 11.9 Å². The maximum atomic E-state index is 9.10. The molecule has 0 radical (unpaired) electrons. The SMILES string of the molecule is CC(N)C[C@H](Oc1ccc2sccc2c1)c1ccccc1.O=C(O)C(=O)O. The van der Waals surface area contributed by atoms with Gasteiger partial charge < -0.3 is 20.7 Å². The monoisotopic (exact) mass is 387 g/mol. The predicted octanol–water partition coefficient (Wildman–Crippen LogP) is 3.91. The standard InChI is InChI=1S/C18H19NOS.C2H2O4/c1-13(19)11-17(14-5-3-2-4-6-14)20-16-7-8-18-15(12-16)9-10-21-18;3-1(4)2(5)6/h2-10,12-13,17H,11,19H2,1H3;(H,3,4)(H,5,6)/t13?,17-;/m0./s1. The number of aliphatic carboxylic acids is 2. The van der Waals surface area contributed by atoms with Crippen molar-refractivity contribution in [2.45, 2.75) is 25.5 Å². The Bertz CT molecular complexity index is 880. The molecule has 4 N–H and O–H groups in total. The van der Waals surface area contributed by atoms with Crippen LogP contribution in [0, 0.1) is 0 Å². The van der Waals surface area contributed by atoms with Gasteiger partial charge in [-0.3, -0.25) is 0 Å². The third kappa shape index (κ3) is 6.40. The molecule has 2 aromatic carbocycles. The molecule has 0 aliphatic rings. The Hall–Kier alpha value is -2.90. The molecule has 0 spiro atoms. The zero-order valence-corrected chi connectivity index (χ0v) is 15.6. The summed E-state index contributed by atoms with van der Waals surface area (Å²) in [7, 11) is 0. The van der Waals surface area contributed by atoms with Gasteiger partial charge in [-0.2, -0.15) is 0 Å². The molecule has 6 nitrogen and oxygen atoms in total. The quantitative estimate of drug-likeness (QED) is 0.573. The Morgan fingerprint density at radius 2 is 1.74 bits per heavy atom. The predicted molar refractivity (Wildman–Crippen MR) is 105 cm³/mol. The van der Waals surface area contributed by atoms with Crippen LogP contribution < -0.4 is 10.5 Å². The molecule has 3 rings (SSSR count). The zero-order valence-electron chi connectivity index (χ0n) is 14.7. The van der Waals surface area contributed by atoms with Crippen LogP contribution in [0.25, 0.3) is 10.1 Å². The highest BCUT2D eigenvalue weighted by Crippen LogP contribution is 2.30. The number of benzene rings is 2. The number of rotatable bonds is 5. The first kappa shape index (κ1) is 20.4. The second-order valence-corrected chi connectivity index (χ2v) is 6.91. The van der Waals surface area contributed by atoms with Crippen LogP contribution in [0.15, 0.2) is 60.0 Å². The van der Waals surface area contributed by atoms with Crippen LogP contribution in [0.1, 0.15) is 25.0 Å². The molecule has 0 saturated heterocycles. The molecular formula is C20H21NO5S. The van der Waals surface area contributed by atoms with Crippen LogP contribution in [-0.4, -0.2) is 28.2 Å². The van der Waals surface area contributed by atoms with E-state index < -0.39 is 11.9 Å². The number of carboxylic acids is 2. The van der Waals surface area contributed by atoms with Crippen molar-refractivity contribution in [1.29, 1.82) is 0 Å². The van der Waals surface area contributed by atoms with Crippen molar-refractivity contribution in [2.75, 3.05) is 0 Å². The van der Waals surface area contributed by atoms with Gasteiger partial charge in [0.15, 0.2) is 0 Å². The summed E-state index contributed by atoms with van der Waals surface area (Å²) in [5.74, 6) is -2.75. The maximum absolute atomic E-state index is 9.10. The summed E-state index contributed by atoms with van der Waals surface area (Å²) in [5, 5.41) is 18.1. The first-order valence-electron chi connectivity index (χ1n) is 8.27. The fourth-order valence-electron chi connectivity index (χ4n) is 2.44. The van der Waals surface area contributed by atoms with Crippen LogP contribution in [-0.2, 0) is 9.59 Å². The lowest BCUT2D eigenvalue weighted by Gasteiger charge is -2.21. The van der Waals surface area contributed by atoms with E-state index in [1.54, 1.807) is 11.3 Å². The Labute approximate surface area is 160 Å². The number of hydrogen-bond acceptors (Lipinski definition) is 5. The normalized spacial score (nSPS) is 12.5. The van der Waals surface area contributed by atoms with Gasteiger partial charge in [0.05, 0.1) is 0 Å². The van der Waals surface area contributed by atoms with Crippen LogP contribution in [0.5, 0.6) is 5.75 Å². The van der Waals surface area contributed by atoms with Gasteiger partial charge >= 0.3 is 11.9 Å². The number of carboxylic acid groups (broad SMARTS) is 2. The van der Waals surface area contributed by atoms with Crippen LogP contribution in [0.4, 0.5) is 0 Å². The molecule has 0 aliphatic heterocycles.